The van der Waals surface area contributed by atoms with Crippen LogP contribution in [-0.4, -0.2) is 4.98 Å². The molecule has 0 saturated heterocycles. The maximum Gasteiger partial charge on any atom is 0.123 e. The third-order valence-corrected chi connectivity index (χ3v) is 1.44. The summed E-state index contributed by atoms with van der Waals surface area (Å²) < 4.78 is 0. The summed E-state index contributed by atoms with van der Waals surface area (Å²) in [6, 6.07) is 3.96. The summed E-state index contributed by atoms with van der Waals surface area (Å²) in [7, 11) is 0. The van der Waals surface area contributed by atoms with Crippen LogP contribution in [0.5, 0.6) is 0 Å². The zero-order valence-electron chi connectivity index (χ0n) is 6.39. The van der Waals surface area contributed by atoms with Gasteiger partial charge in [-0.15, -0.1) is 0 Å². The Morgan fingerprint density at radius 3 is 2.70 bits per heavy atom. The van der Waals surface area contributed by atoms with Gasteiger partial charge in [-0.2, -0.15) is 0 Å². The number of hydrogen-bond acceptors (Lipinski definition) is 2. The topological polar surface area (TPSA) is 38.9 Å². The summed E-state index contributed by atoms with van der Waals surface area (Å²) >= 11 is 0. The molecule has 1 aromatic heterocycles. The summed E-state index contributed by atoms with van der Waals surface area (Å²) in [6.45, 7) is 4.06. The van der Waals surface area contributed by atoms with Gasteiger partial charge in [0.15, 0.2) is 0 Å². The van der Waals surface area contributed by atoms with Crippen molar-refractivity contribution in [2.75, 3.05) is 5.73 Å². The highest BCUT2D eigenvalue weighted by Gasteiger charge is 1.92. The van der Waals surface area contributed by atoms with E-state index in [9.17, 15) is 0 Å². The van der Waals surface area contributed by atoms with Gasteiger partial charge in [-0.1, -0.05) is 6.92 Å². The molecular formula is C8H12N2. The van der Waals surface area contributed by atoms with Gasteiger partial charge >= 0.3 is 0 Å². The Labute approximate surface area is 61.1 Å². The van der Waals surface area contributed by atoms with Crippen LogP contribution >= 0.6 is 0 Å². The molecule has 10 heavy (non-hydrogen) atoms. The number of pyridine rings is 1. The lowest BCUT2D eigenvalue weighted by Gasteiger charge is -1.99. The van der Waals surface area contributed by atoms with Gasteiger partial charge in [-0.25, -0.2) is 4.98 Å². The Hall–Kier alpha value is -1.05. The van der Waals surface area contributed by atoms with Gasteiger partial charge in [0, 0.05) is 5.69 Å². The van der Waals surface area contributed by atoms with Crippen molar-refractivity contribution in [2.24, 2.45) is 0 Å². The zero-order valence-corrected chi connectivity index (χ0v) is 6.39. The van der Waals surface area contributed by atoms with Crippen LogP contribution in [0.15, 0.2) is 12.1 Å². The molecule has 0 fully saturated rings. The molecule has 54 valence electrons. The van der Waals surface area contributed by atoms with E-state index in [-0.39, 0.29) is 0 Å². The lowest BCUT2D eigenvalue weighted by atomic mass is 10.2. The maximum absolute atomic E-state index is 5.52. The molecule has 0 saturated carbocycles. The minimum Gasteiger partial charge on any atom is -0.384 e. The molecule has 0 atom stereocenters. The predicted octanol–water partition coefficient (Wildman–Crippen LogP) is 1.53. The van der Waals surface area contributed by atoms with E-state index in [0.717, 1.165) is 12.1 Å². The number of hydrogen-bond donors (Lipinski definition) is 1. The number of rotatable bonds is 1. The zero-order chi connectivity index (χ0) is 7.56. The van der Waals surface area contributed by atoms with Crippen LogP contribution in [0.4, 0.5) is 5.82 Å². The number of aromatic nitrogens is 1. The molecule has 0 radical (unpaired) electrons. The second kappa shape index (κ2) is 2.69. The number of nitrogens with two attached hydrogens (primary N) is 1. The van der Waals surface area contributed by atoms with Crippen LogP contribution in [0.25, 0.3) is 0 Å². The Balaban J connectivity index is 3.06. The van der Waals surface area contributed by atoms with E-state index in [2.05, 4.69) is 18.0 Å². The lowest BCUT2D eigenvalue weighted by molar-refractivity contribution is 1.09. The van der Waals surface area contributed by atoms with Gasteiger partial charge in [-0.05, 0) is 31.0 Å². The monoisotopic (exact) mass is 136 g/mol. The molecule has 0 unspecified atom stereocenters. The summed E-state index contributed by atoms with van der Waals surface area (Å²) in [5.74, 6) is 0.622. The molecule has 2 nitrogen and oxygen atoms in total. The maximum atomic E-state index is 5.52. The number of nitrogen functional groups attached to an aromatic ring is 1. The van der Waals surface area contributed by atoms with Crippen molar-refractivity contribution in [2.45, 2.75) is 20.3 Å². The summed E-state index contributed by atoms with van der Waals surface area (Å²) in [6.07, 6.45) is 1.02. The first-order chi connectivity index (χ1) is 4.72. The first-order valence-electron chi connectivity index (χ1n) is 3.45. The van der Waals surface area contributed by atoms with Crippen LogP contribution in [0.1, 0.15) is 18.2 Å². The largest absolute Gasteiger partial charge is 0.384 e. The molecule has 0 aromatic carbocycles. The molecule has 0 aliphatic rings. The molecular weight excluding hydrogens is 124 g/mol. The summed E-state index contributed by atoms with van der Waals surface area (Å²) in [5.41, 5.74) is 7.78. The summed E-state index contributed by atoms with van der Waals surface area (Å²) in [5, 5.41) is 0. The molecule has 1 rings (SSSR count). The quantitative estimate of drug-likeness (QED) is 0.636. The van der Waals surface area contributed by atoms with Crippen molar-refractivity contribution < 1.29 is 0 Å². The van der Waals surface area contributed by atoms with Crippen LogP contribution in [0.2, 0.25) is 0 Å². The highest BCUT2D eigenvalue weighted by Crippen LogP contribution is 2.06. The molecule has 0 amide bonds. The van der Waals surface area contributed by atoms with Crippen molar-refractivity contribution in [1.82, 2.24) is 4.98 Å². The fourth-order valence-corrected chi connectivity index (χ4v) is 0.972. The van der Waals surface area contributed by atoms with Crippen molar-refractivity contribution in [1.29, 1.82) is 0 Å². The highest BCUT2D eigenvalue weighted by molar-refractivity contribution is 5.34. The van der Waals surface area contributed by atoms with Crippen molar-refractivity contribution in [3.63, 3.8) is 0 Å². The Kier molecular flexibility index (Phi) is 1.90. The van der Waals surface area contributed by atoms with Gasteiger partial charge in [0.1, 0.15) is 5.82 Å². The Morgan fingerprint density at radius 1 is 1.50 bits per heavy atom. The van der Waals surface area contributed by atoms with Crippen LogP contribution in [-0.2, 0) is 6.42 Å². The minimum absolute atomic E-state index is 0.622. The molecule has 0 bridgehead atoms. The first kappa shape index (κ1) is 7.06. The Bertz CT molecular complexity index is 210. The van der Waals surface area contributed by atoms with Crippen molar-refractivity contribution in [3.05, 3.63) is 23.4 Å². The standard InChI is InChI=1S/C8H12N2/c1-3-7-4-6(2)10-8(9)5-7/h4-5H,3H2,1-2H3,(H2,9,10). The third-order valence-electron chi connectivity index (χ3n) is 1.44. The van der Waals surface area contributed by atoms with E-state index < -0.39 is 0 Å². The third kappa shape index (κ3) is 1.47. The van der Waals surface area contributed by atoms with Crippen molar-refractivity contribution >= 4 is 5.82 Å². The molecule has 2 heteroatoms. The van der Waals surface area contributed by atoms with Gasteiger partial charge in [0.05, 0.1) is 0 Å². The van der Waals surface area contributed by atoms with Gasteiger partial charge in [0.25, 0.3) is 0 Å². The smallest absolute Gasteiger partial charge is 0.123 e. The lowest BCUT2D eigenvalue weighted by Crippen LogP contribution is -1.94. The number of nitrogens with zero attached hydrogens (tertiary/aromatic N) is 1. The highest BCUT2D eigenvalue weighted by atomic mass is 14.8. The average Bonchev–Trinajstić information content (AvgIpc) is 1.85. The average molecular weight is 136 g/mol. The van der Waals surface area contributed by atoms with Gasteiger partial charge in [0.2, 0.25) is 0 Å². The van der Waals surface area contributed by atoms with Crippen LogP contribution < -0.4 is 5.73 Å². The van der Waals surface area contributed by atoms with Crippen LogP contribution in [0, 0.1) is 6.92 Å². The van der Waals surface area contributed by atoms with E-state index in [4.69, 9.17) is 5.73 Å². The summed E-state index contributed by atoms with van der Waals surface area (Å²) in [4.78, 5) is 4.06. The van der Waals surface area contributed by atoms with Gasteiger partial charge in [-0.3, -0.25) is 0 Å². The second-order valence-corrected chi connectivity index (χ2v) is 2.40. The molecule has 1 aromatic rings. The number of anilines is 1. The first-order valence-corrected chi connectivity index (χ1v) is 3.45. The molecule has 1 heterocycles. The molecule has 2 N–H and O–H groups in total. The molecule has 0 aliphatic carbocycles. The predicted molar refractivity (Wildman–Crippen MR) is 42.8 cm³/mol. The minimum atomic E-state index is 0.622. The fraction of sp³-hybridized carbons (Fsp3) is 0.375. The van der Waals surface area contributed by atoms with E-state index in [0.29, 0.717) is 5.82 Å². The van der Waals surface area contributed by atoms with E-state index in [1.807, 2.05) is 13.0 Å². The van der Waals surface area contributed by atoms with E-state index in [1.54, 1.807) is 0 Å². The van der Waals surface area contributed by atoms with Crippen LogP contribution in [0.3, 0.4) is 0 Å². The Morgan fingerprint density at radius 2 is 2.20 bits per heavy atom. The van der Waals surface area contributed by atoms with Gasteiger partial charge < -0.3 is 5.73 Å². The normalized spacial score (nSPS) is 9.80. The molecule has 0 aliphatic heterocycles. The fourth-order valence-electron chi connectivity index (χ4n) is 0.972. The van der Waals surface area contributed by atoms with Crippen molar-refractivity contribution in [3.8, 4) is 0 Å². The van der Waals surface area contributed by atoms with E-state index in [1.165, 1.54) is 5.56 Å². The second-order valence-electron chi connectivity index (χ2n) is 2.40. The molecule has 0 spiro atoms. The number of aryl methyl sites for hydroxylation is 2. The van der Waals surface area contributed by atoms with E-state index >= 15 is 0 Å². The SMILES string of the molecule is CCc1cc(C)nc(N)c1.